The number of hydrogen-bond donors (Lipinski definition) is 0. The fourth-order valence-electron chi connectivity index (χ4n) is 2.83. The zero-order valence-electron chi connectivity index (χ0n) is 13.4. The Hall–Kier alpha value is -3.15. The van der Waals surface area contributed by atoms with E-state index in [1.807, 2.05) is 37.3 Å². The molecule has 0 fully saturated rings. The van der Waals surface area contributed by atoms with E-state index < -0.39 is 11.8 Å². The molecule has 0 spiro atoms. The lowest BCUT2D eigenvalue weighted by molar-refractivity contribution is 0.546. The molecule has 0 aliphatic carbocycles. The van der Waals surface area contributed by atoms with Crippen LogP contribution in [0.4, 0.5) is 8.78 Å². The number of nitrogens with zero attached hydrogens (tertiary/aromatic N) is 4. The van der Waals surface area contributed by atoms with Crippen molar-refractivity contribution in [1.82, 2.24) is 19.7 Å². The van der Waals surface area contributed by atoms with Crippen LogP contribution in [0.3, 0.4) is 0 Å². The Kier molecular flexibility index (Phi) is 3.72. The van der Waals surface area contributed by atoms with E-state index in [0.29, 0.717) is 11.1 Å². The van der Waals surface area contributed by atoms with Gasteiger partial charge >= 0.3 is 0 Å². The number of pyridine rings is 2. The summed E-state index contributed by atoms with van der Waals surface area (Å²) in [4.78, 5) is 8.04. The van der Waals surface area contributed by atoms with Crippen molar-refractivity contribution >= 4 is 11.0 Å². The van der Waals surface area contributed by atoms with Gasteiger partial charge in [0.15, 0.2) is 0 Å². The number of aromatic nitrogens is 4. The van der Waals surface area contributed by atoms with E-state index in [4.69, 9.17) is 0 Å². The van der Waals surface area contributed by atoms with Crippen molar-refractivity contribution in [3.63, 3.8) is 0 Å². The van der Waals surface area contributed by atoms with Gasteiger partial charge in [-0.2, -0.15) is 4.39 Å². The summed E-state index contributed by atoms with van der Waals surface area (Å²) in [6.07, 6.45) is 4.30. The number of hydrogen-bond acceptors (Lipinski definition) is 3. The lowest BCUT2D eigenvalue weighted by Gasteiger charge is -2.06. The van der Waals surface area contributed by atoms with Gasteiger partial charge in [-0.25, -0.2) is 9.37 Å². The highest BCUT2D eigenvalue weighted by Gasteiger charge is 2.14. The minimum absolute atomic E-state index is 0.195. The molecular formula is C19H14F2N4. The van der Waals surface area contributed by atoms with E-state index in [1.165, 1.54) is 16.9 Å². The van der Waals surface area contributed by atoms with Gasteiger partial charge in [0.1, 0.15) is 11.3 Å². The molecule has 0 atom stereocenters. The molecule has 25 heavy (non-hydrogen) atoms. The molecule has 4 aromatic rings. The Morgan fingerprint density at radius 3 is 2.68 bits per heavy atom. The quantitative estimate of drug-likeness (QED) is 0.565. The average molecular weight is 336 g/mol. The standard InChI is InChI=1S/C19H14F2N4/c1-12-3-2-4-14(5-12)15-7-17-18(23-9-15)19(21)24-25(17)11-13-6-16(20)10-22-8-13/h2-10H,11H2,1H3. The third-order valence-electron chi connectivity index (χ3n) is 3.99. The van der Waals surface area contributed by atoms with Crippen molar-refractivity contribution in [2.75, 3.05) is 0 Å². The number of aryl methyl sites for hydroxylation is 1. The summed E-state index contributed by atoms with van der Waals surface area (Å²) in [7, 11) is 0. The molecule has 0 bridgehead atoms. The van der Waals surface area contributed by atoms with Crippen molar-refractivity contribution in [2.24, 2.45) is 0 Å². The van der Waals surface area contributed by atoms with Crippen LogP contribution in [-0.2, 0) is 6.54 Å². The second-order valence-corrected chi connectivity index (χ2v) is 5.92. The molecule has 0 saturated heterocycles. The molecule has 3 heterocycles. The van der Waals surface area contributed by atoms with Gasteiger partial charge in [0, 0.05) is 18.0 Å². The van der Waals surface area contributed by atoms with Crippen LogP contribution in [0.2, 0.25) is 0 Å². The topological polar surface area (TPSA) is 43.6 Å². The van der Waals surface area contributed by atoms with Gasteiger partial charge in [0.25, 0.3) is 5.95 Å². The fraction of sp³-hybridized carbons (Fsp3) is 0.105. The van der Waals surface area contributed by atoms with E-state index >= 15 is 0 Å². The van der Waals surface area contributed by atoms with Gasteiger partial charge < -0.3 is 0 Å². The van der Waals surface area contributed by atoms with Gasteiger partial charge in [0.2, 0.25) is 0 Å². The zero-order chi connectivity index (χ0) is 17.4. The highest BCUT2D eigenvalue weighted by Crippen LogP contribution is 2.25. The number of benzene rings is 1. The normalized spacial score (nSPS) is 11.2. The Balaban J connectivity index is 1.81. The molecule has 6 heteroatoms. The summed E-state index contributed by atoms with van der Waals surface area (Å²) >= 11 is 0. The average Bonchev–Trinajstić information content (AvgIpc) is 2.90. The maximum absolute atomic E-state index is 14.1. The van der Waals surface area contributed by atoms with Crippen LogP contribution >= 0.6 is 0 Å². The van der Waals surface area contributed by atoms with E-state index in [1.54, 1.807) is 6.20 Å². The van der Waals surface area contributed by atoms with E-state index in [-0.39, 0.29) is 12.1 Å². The fourth-order valence-corrected chi connectivity index (χ4v) is 2.83. The SMILES string of the molecule is Cc1cccc(-c2cnc3c(F)nn(Cc4cncc(F)c4)c3c2)c1. The molecule has 0 radical (unpaired) electrons. The largest absolute Gasteiger partial charge is 0.261 e. The molecule has 0 N–H and O–H groups in total. The summed E-state index contributed by atoms with van der Waals surface area (Å²) < 4.78 is 28.9. The molecule has 0 aliphatic heterocycles. The van der Waals surface area contributed by atoms with Gasteiger partial charge in [-0.3, -0.25) is 9.67 Å². The third-order valence-corrected chi connectivity index (χ3v) is 3.99. The minimum Gasteiger partial charge on any atom is -0.261 e. The first kappa shape index (κ1) is 15.4. The maximum atomic E-state index is 14.1. The predicted molar refractivity (Wildman–Crippen MR) is 91.0 cm³/mol. The lowest BCUT2D eigenvalue weighted by Crippen LogP contribution is -2.03. The molecule has 3 aromatic heterocycles. The van der Waals surface area contributed by atoms with Crippen LogP contribution in [0, 0.1) is 18.7 Å². The summed E-state index contributed by atoms with van der Waals surface area (Å²) in [6, 6.07) is 11.2. The van der Waals surface area contributed by atoms with Crippen LogP contribution in [0.5, 0.6) is 0 Å². The van der Waals surface area contributed by atoms with Gasteiger partial charge in [-0.05, 0) is 30.2 Å². The Labute approximate surface area is 142 Å². The van der Waals surface area contributed by atoms with Crippen molar-refractivity contribution in [3.8, 4) is 11.1 Å². The van der Waals surface area contributed by atoms with Crippen molar-refractivity contribution < 1.29 is 8.78 Å². The van der Waals surface area contributed by atoms with E-state index in [2.05, 4.69) is 15.1 Å². The van der Waals surface area contributed by atoms with E-state index in [0.717, 1.165) is 22.9 Å². The Bertz CT molecular complexity index is 1070. The predicted octanol–water partition coefficient (Wildman–Crippen LogP) is 4.13. The molecule has 0 saturated carbocycles. The van der Waals surface area contributed by atoms with Crippen LogP contribution < -0.4 is 0 Å². The molecular weight excluding hydrogens is 322 g/mol. The van der Waals surface area contributed by atoms with Gasteiger partial charge in [-0.1, -0.05) is 29.8 Å². The van der Waals surface area contributed by atoms with Gasteiger partial charge in [0.05, 0.1) is 18.3 Å². The third kappa shape index (κ3) is 2.98. The van der Waals surface area contributed by atoms with Crippen molar-refractivity contribution in [3.05, 3.63) is 77.9 Å². The molecule has 0 amide bonds. The first-order valence-electron chi connectivity index (χ1n) is 7.79. The van der Waals surface area contributed by atoms with Crippen molar-refractivity contribution in [2.45, 2.75) is 13.5 Å². The second kappa shape index (κ2) is 6.05. The molecule has 0 aliphatic rings. The number of rotatable bonds is 3. The highest BCUT2D eigenvalue weighted by atomic mass is 19.1. The van der Waals surface area contributed by atoms with Crippen molar-refractivity contribution in [1.29, 1.82) is 0 Å². The van der Waals surface area contributed by atoms with Crippen LogP contribution in [-0.4, -0.2) is 19.7 Å². The molecule has 1 aromatic carbocycles. The first-order chi connectivity index (χ1) is 12.1. The number of fused-ring (bicyclic) bond motifs is 1. The zero-order valence-corrected chi connectivity index (χ0v) is 13.4. The minimum atomic E-state index is -0.643. The monoisotopic (exact) mass is 336 g/mol. The molecule has 0 unspecified atom stereocenters. The smallest absolute Gasteiger partial charge is 0.258 e. The van der Waals surface area contributed by atoms with Gasteiger partial charge in [-0.15, -0.1) is 5.10 Å². The molecule has 4 nitrogen and oxygen atoms in total. The maximum Gasteiger partial charge on any atom is 0.258 e. The summed E-state index contributed by atoms with van der Waals surface area (Å²) in [5.41, 5.74) is 4.35. The van der Waals surface area contributed by atoms with E-state index in [9.17, 15) is 8.78 Å². The Morgan fingerprint density at radius 2 is 1.88 bits per heavy atom. The molecule has 124 valence electrons. The highest BCUT2D eigenvalue weighted by molar-refractivity contribution is 5.81. The summed E-state index contributed by atoms with van der Waals surface area (Å²) in [6.45, 7) is 2.22. The lowest BCUT2D eigenvalue weighted by atomic mass is 10.1. The Morgan fingerprint density at radius 1 is 1.00 bits per heavy atom. The van der Waals surface area contributed by atoms with Crippen LogP contribution in [0.1, 0.15) is 11.1 Å². The first-order valence-corrected chi connectivity index (χ1v) is 7.79. The summed E-state index contributed by atoms with van der Waals surface area (Å²) in [5, 5.41) is 3.90. The van der Waals surface area contributed by atoms with Crippen LogP contribution in [0.15, 0.2) is 55.0 Å². The second-order valence-electron chi connectivity index (χ2n) is 5.92. The number of halogens is 2. The van der Waals surface area contributed by atoms with Crippen LogP contribution in [0.25, 0.3) is 22.2 Å². The molecule has 4 rings (SSSR count). The summed E-state index contributed by atoms with van der Waals surface area (Å²) in [5.74, 6) is -1.08.